The van der Waals surface area contributed by atoms with E-state index in [2.05, 4.69) is 0 Å². The first-order valence-corrected chi connectivity index (χ1v) is 11.2. The fourth-order valence-corrected chi connectivity index (χ4v) is 5.69. The predicted octanol–water partition coefficient (Wildman–Crippen LogP) is 5.30. The lowest BCUT2D eigenvalue weighted by Crippen LogP contribution is -2.42. The van der Waals surface area contributed by atoms with Gasteiger partial charge in [0.25, 0.3) is 11.8 Å². The molecule has 164 valence electrons. The van der Waals surface area contributed by atoms with Crippen LogP contribution in [0.5, 0.6) is 0 Å². The molecule has 7 rings (SSSR count). The van der Waals surface area contributed by atoms with Gasteiger partial charge in [0.1, 0.15) is 0 Å². The first-order chi connectivity index (χ1) is 16.4. The molecule has 0 aliphatic carbocycles. The molecule has 5 aromatic carbocycles. The number of amides is 2. The molecule has 0 bridgehead atoms. The van der Waals surface area contributed by atoms with Crippen molar-refractivity contribution < 1.29 is 23.9 Å². The summed E-state index contributed by atoms with van der Waals surface area (Å²) in [6, 6.07) is 14.4. The maximum Gasteiger partial charge on any atom is 0.346 e. The van der Waals surface area contributed by atoms with Crippen molar-refractivity contribution in [3.8, 4) is 0 Å². The molecule has 6 heteroatoms. The Morgan fingerprint density at radius 2 is 0.971 bits per heavy atom. The zero-order chi connectivity index (χ0) is 23.5. The zero-order valence-electron chi connectivity index (χ0n) is 18.4. The Morgan fingerprint density at radius 3 is 1.38 bits per heavy atom. The van der Waals surface area contributed by atoms with Crippen LogP contribution in [0.4, 0.5) is 0 Å². The van der Waals surface area contributed by atoms with Gasteiger partial charge < -0.3 is 4.74 Å². The Bertz CT molecular complexity index is 1700. The van der Waals surface area contributed by atoms with E-state index in [1.54, 1.807) is 24.3 Å². The lowest BCUT2D eigenvalue weighted by Gasteiger charge is -2.29. The summed E-state index contributed by atoms with van der Waals surface area (Å²) in [4.78, 5) is 52.9. The third-order valence-electron chi connectivity index (χ3n) is 7.03. The van der Waals surface area contributed by atoms with E-state index in [0.717, 1.165) is 32.3 Å². The van der Waals surface area contributed by atoms with Crippen molar-refractivity contribution in [1.82, 2.24) is 4.90 Å². The van der Waals surface area contributed by atoms with E-state index < -0.39 is 11.9 Å². The number of hydrogen-bond donors (Lipinski definition) is 0. The van der Waals surface area contributed by atoms with Gasteiger partial charge in [0, 0.05) is 28.4 Å². The van der Waals surface area contributed by atoms with Gasteiger partial charge in [-0.15, -0.1) is 0 Å². The van der Waals surface area contributed by atoms with Crippen LogP contribution >= 0.6 is 0 Å². The van der Waals surface area contributed by atoms with Crippen LogP contribution in [-0.2, 0) is 4.74 Å². The van der Waals surface area contributed by atoms with E-state index in [0.29, 0.717) is 39.6 Å². The molecule has 2 aliphatic rings. The molecule has 2 amide bonds. The lowest BCUT2D eigenvalue weighted by molar-refractivity contribution is 0.0390. The molecule has 0 N–H and O–H groups in total. The van der Waals surface area contributed by atoms with Crippen LogP contribution in [0.3, 0.4) is 0 Å². The standard InChI is InChI=1S/C28H17NO5/c1-12(2)11-29-25(30)17-7-3-13-15-5-9-19-24-20(28(33)34-27(19)32)10-6-16(22(15)24)14-4-8-18(26(29)31)23(17)21(13)14/h3-10,12H,11H2,1-2H3. The number of imide groups is 1. The van der Waals surface area contributed by atoms with Crippen LogP contribution < -0.4 is 0 Å². The van der Waals surface area contributed by atoms with Crippen molar-refractivity contribution >= 4 is 66.8 Å². The molecule has 0 aromatic heterocycles. The minimum Gasteiger partial charge on any atom is -0.386 e. The van der Waals surface area contributed by atoms with Gasteiger partial charge in [-0.3, -0.25) is 14.5 Å². The minimum atomic E-state index is -0.654. The number of esters is 2. The number of cyclic esters (lactones) is 2. The van der Waals surface area contributed by atoms with Crippen LogP contribution in [0, 0.1) is 5.92 Å². The van der Waals surface area contributed by atoms with Gasteiger partial charge in [-0.25, -0.2) is 9.59 Å². The van der Waals surface area contributed by atoms with Crippen molar-refractivity contribution in [3.63, 3.8) is 0 Å². The minimum absolute atomic E-state index is 0.156. The SMILES string of the molecule is CC(C)CN1C(=O)c2ccc3c4ccc5c6c(ccc(c7ccc(c2c37)C1=O)c64)C(=O)OC5=O. The van der Waals surface area contributed by atoms with E-state index in [1.807, 2.05) is 38.1 Å². The summed E-state index contributed by atoms with van der Waals surface area (Å²) in [6.07, 6.45) is 0. The second-order valence-corrected chi connectivity index (χ2v) is 9.43. The highest BCUT2D eigenvalue weighted by atomic mass is 16.6. The van der Waals surface area contributed by atoms with Crippen LogP contribution in [-0.4, -0.2) is 35.2 Å². The average Bonchev–Trinajstić information content (AvgIpc) is 2.82. The van der Waals surface area contributed by atoms with Gasteiger partial charge >= 0.3 is 11.9 Å². The van der Waals surface area contributed by atoms with Crippen molar-refractivity contribution in [2.24, 2.45) is 5.92 Å². The van der Waals surface area contributed by atoms with Crippen LogP contribution in [0.25, 0.3) is 43.1 Å². The number of carbonyl (C=O) groups excluding carboxylic acids is 4. The summed E-state index contributed by atoms with van der Waals surface area (Å²) in [5.74, 6) is -1.71. The summed E-state index contributed by atoms with van der Waals surface area (Å²) in [5.41, 5.74) is 1.75. The number of hydrogen-bond acceptors (Lipinski definition) is 5. The smallest absolute Gasteiger partial charge is 0.346 e. The number of nitrogens with zero attached hydrogens (tertiary/aromatic N) is 1. The van der Waals surface area contributed by atoms with E-state index in [1.165, 1.54) is 4.90 Å². The maximum atomic E-state index is 13.3. The van der Waals surface area contributed by atoms with Gasteiger partial charge in [0.05, 0.1) is 11.1 Å². The fraction of sp³-hybridized carbons (Fsp3) is 0.143. The highest BCUT2D eigenvalue weighted by molar-refractivity contribution is 6.40. The van der Waals surface area contributed by atoms with Crippen molar-refractivity contribution in [1.29, 1.82) is 0 Å². The van der Waals surface area contributed by atoms with Gasteiger partial charge in [0.2, 0.25) is 0 Å². The molecule has 0 atom stereocenters. The largest absolute Gasteiger partial charge is 0.386 e. The highest BCUT2D eigenvalue weighted by Crippen LogP contribution is 2.45. The summed E-state index contributed by atoms with van der Waals surface area (Å²) >= 11 is 0. The molecule has 0 saturated heterocycles. The third kappa shape index (κ3) is 2.15. The monoisotopic (exact) mass is 447 g/mol. The molecule has 0 saturated carbocycles. The van der Waals surface area contributed by atoms with Gasteiger partial charge in [0.15, 0.2) is 0 Å². The Kier molecular flexibility index (Phi) is 3.48. The van der Waals surface area contributed by atoms with E-state index in [-0.39, 0.29) is 17.7 Å². The molecule has 2 heterocycles. The van der Waals surface area contributed by atoms with E-state index in [9.17, 15) is 19.2 Å². The van der Waals surface area contributed by atoms with E-state index >= 15 is 0 Å². The van der Waals surface area contributed by atoms with E-state index in [4.69, 9.17) is 4.74 Å². The summed E-state index contributed by atoms with van der Waals surface area (Å²) < 4.78 is 4.92. The van der Waals surface area contributed by atoms with Gasteiger partial charge in [-0.1, -0.05) is 38.1 Å². The number of carbonyl (C=O) groups is 4. The second-order valence-electron chi connectivity index (χ2n) is 9.43. The van der Waals surface area contributed by atoms with Crippen LogP contribution in [0.15, 0.2) is 48.5 Å². The fourth-order valence-electron chi connectivity index (χ4n) is 5.69. The Balaban J connectivity index is 1.67. The molecule has 0 radical (unpaired) electrons. The zero-order valence-corrected chi connectivity index (χ0v) is 18.4. The molecule has 6 nitrogen and oxygen atoms in total. The predicted molar refractivity (Wildman–Crippen MR) is 128 cm³/mol. The van der Waals surface area contributed by atoms with Crippen molar-refractivity contribution in [2.45, 2.75) is 13.8 Å². The first kappa shape index (κ1) is 19.2. The second kappa shape index (κ2) is 6.17. The molecular weight excluding hydrogens is 430 g/mol. The molecular formula is C28H17NO5. The first-order valence-electron chi connectivity index (χ1n) is 11.2. The van der Waals surface area contributed by atoms with Gasteiger partial charge in [-0.05, 0) is 62.5 Å². The third-order valence-corrected chi connectivity index (χ3v) is 7.03. The maximum absolute atomic E-state index is 13.3. The summed E-state index contributed by atoms with van der Waals surface area (Å²) in [7, 11) is 0. The Hall–Kier alpha value is -4.32. The average molecular weight is 447 g/mol. The lowest BCUT2D eigenvalue weighted by atomic mass is 9.83. The Labute approximate surface area is 193 Å². The number of ether oxygens (including phenoxy) is 1. The Morgan fingerprint density at radius 1 is 0.588 bits per heavy atom. The molecule has 2 aliphatic heterocycles. The topological polar surface area (TPSA) is 80.8 Å². The highest BCUT2D eigenvalue weighted by Gasteiger charge is 2.35. The van der Waals surface area contributed by atoms with Crippen LogP contribution in [0.1, 0.15) is 55.3 Å². The molecule has 34 heavy (non-hydrogen) atoms. The number of rotatable bonds is 2. The number of fused-ring (bicyclic) bond motifs is 2. The molecule has 0 fully saturated rings. The van der Waals surface area contributed by atoms with Crippen molar-refractivity contribution in [3.05, 3.63) is 70.8 Å². The quantitative estimate of drug-likeness (QED) is 0.121. The summed E-state index contributed by atoms with van der Waals surface area (Å²) in [6.45, 7) is 4.32. The number of benzene rings is 5. The summed E-state index contributed by atoms with van der Waals surface area (Å²) in [5, 5.41) is 6.38. The molecule has 0 unspecified atom stereocenters. The van der Waals surface area contributed by atoms with Crippen LogP contribution in [0.2, 0.25) is 0 Å². The molecule has 5 aromatic rings. The molecule has 0 spiro atoms. The normalized spacial score (nSPS) is 15.6. The van der Waals surface area contributed by atoms with Gasteiger partial charge in [-0.2, -0.15) is 0 Å². The van der Waals surface area contributed by atoms with Crippen molar-refractivity contribution in [2.75, 3.05) is 6.54 Å².